The smallest absolute Gasteiger partial charge is 0.323 e. The number of carboxylic acids is 1. The van der Waals surface area contributed by atoms with Crippen molar-refractivity contribution in [2.75, 3.05) is 39.8 Å². The van der Waals surface area contributed by atoms with E-state index in [4.69, 9.17) is 5.11 Å². The first kappa shape index (κ1) is 13.8. The molecule has 2 amide bonds. The fourth-order valence-corrected chi connectivity index (χ4v) is 1.90. The van der Waals surface area contributed by atoms with Gasteiger partial charge in [0.2, 0.25) is 0 Å². The molecule has 17 heavy (non-hydrogen) atoms. The van der Waals surface area contributed by atoms with E-state index in [1.807, 2.05) is 7.05 Å². The van der Waals surface area contributed by atoms with Crippen LogP contribution in [-0.2, 0) is 4.79 Å². The van der Waals surface area contributed by atoms with Crippen molar-refractivity contribution in [1.29, 1.82) is 0 Å². The molecule has 1 atom stereocenters. The van der Waals surface area contributed by atoms with Crippen molar-refractivity contribution >= 4 is 12.0 Å². The van der Waals surface area contributed by atoms with Crippen molar-refractivity contribution < 1.29 is 14.7 Å². The van der Waals surface area contributed by atoms with Crippen LogP contribution in [0.15, 0.2) is 0 Å². The standard InChI is InChI=1S/C11H21N3O3/c1-4-13(8-10(15)16)11(17)14-6-5-12(3)9(2)7-14/h9H,4-8H2,1-3H3,(H,15,16). The topological polar surface area (TPSA) is 64.1 Å². The average molecular weight is 243 g/mol. The lowest BCUT2D eigenvalue weighted by Crippen LogP contribution is -2.55. The van der Waals surface area contributed by atoms with Gasteiger partial charge in [-0.25, -0.2) is 4.79 Å². The quantitative estimate of drug-likeness (QED) is 0.766. The van der Waals surface area contributed by atoms with Gasteiger partial charge in [-0.3, -0.25) is 4.79 Å². The Labute approximate surface area is 102 Å². The number of rotatable bonds is 3. The Balaban J connectivity index is 2.59. The van der Waals surface area contributed by atoms with Gasteiger partial charge in [0.05, 0.1) is 0 Å². The van der Waals surface area contributed by atoms with Crippen LogP contribution in [0, 0.1) is 0 Å². The summed E-state index contributed by atoms with van der Waals surface area (Å²) in [5.74, 6) is -0.970. The molecule has 0 saturated carbocycles. The van der Waals surface area contributed by atoms with Crippen molar-refractivity contribution in [3.05, 3.63) is 0 Å². The second kappa shape index (κ2) is 5.86. The van der Waals surface area contributed by atoms with Gasteiger partial charge in [0.1, 0.15) is 6.54 Å². The summed E-state index contributed by atoms with van der Waals surface area (Å²) in [6.45, 7) is 6.20. The fraction of sp³-hybridized carbons (Fsp3) is 0.818. The predicted molar refractivity (Wildman–Crippen MR) is 63.9 cm³/mol. The van der Waals surface area contributed by atoms with Gasteiger partial charge < -0.3 is 19.8 Å². The Morgan fingerprint density at radius 2 is 2.06 bits per heavy atom. The van der Waals surface area contributed by atoms with E-state index in [0.29, 0.717) is 25.7 Å². The molecule has 1 unspecified atom stereocenters. The van der Waals surface area contributed by atoms with Gasteiger partial charge in [0.15, 0.2) is 0 Å². The molecule has 0 aromatic rings. The number of carbonyl (C=O) groups is 2. The van der Waals surface area contributed by atoms with Gasteiger partial charge in [-0.15, -0.1) is 0 Å². The Bertz CT molecular complexity index is 296. The van der Waals surface area contributed by atoms with Crippen LogP contribution in [0.25, 0.3) is 0 Å². The summed E-state index contributed by atoms with van der Waals surface area (Å²) < 4.78 is 0. The molecule has 0 radical (unpaired) electrons. The highest BCUT2D eigenvalue weighted by atomic mass is 16.4. The fourth-order valence-electron chi connectivity index (χ4n) is 1.90. The van der Waals surface area contributed by atoms with Crippen LogP contribution in [-0.4, -0.2) is 77.6 Å². The van der Waals surface area contributed by atoms with Gasteiger partial charge in [0.25, 0.3) is 0 Å². The van der Waals surface area contributed by atoms with Crippen molar-refractivity contribution in [1.82, 2.24) is 14.7 Å². The van der Waals surface area contributed by atoms with E-state index in [1.165, 1.54) is 4.90 Å². The maximum Gasteiger partial charge on any atom is 0.323 e. The van der Waals surface area contributed by atoms with E-state index in [2.05, 4.69) is 11.8 Å². The molecule has 6 heteroatoms. The second-order valence-corrected chi connectivity index (χ2v) is 4.47. The maximum absolute atomic E-state index is 12.1. The van der Waals surface area contributed by atoms with Crippen molar-refractivity contribution in [2.24, 2.45) is 0 Å². The highest BCUT2D eigenvalue weighted by Gasteiger charge is 2.27. The number of amides is 2. The molecule has 98 valence electrons. The molecule has 0 spiro atoms. The summed E-state index contributed by atoms with van der Waals surface area (Å²) in [5, 5.41) is 8.74. The van der Waals surface area contributed by atoms with Gasteiger partial charge >= 0.3 is 12.0 Å². The summed E-state index contributed by atoms with van der Waals surface area (Å²) in [6.07, 6.45) is 0. The SMILES string of the molecule is CCN(CC(=O)O)C(=O)N1CCN(C)C(C)C1. The zero-order valence-corrected chi connectivity index (χ0v) is 10.7. The summed E-state index contributed by atoms with van der Waals surface area (Å²) in [6, 6.07) is 0.145. The van der Waals surface area contributed by atoms with Crippen molar-refractivity contribution in [3.8, 4) is 0 Å². The zero-order chi connectivity index (χ0) is 13.0. The van der Waals surface area contributed by atoms with Gasteiger partial charge in [0, 0.05) is 32.2 Å². The van der Waals surface area contributed by atoms with Crippen LogP contribution < -0.4 is 0 Å². The number of hydrogen-bond acceptors (Lipinski definition) is 3. The number of likely N-dealkylation sites (N-methyl/N-ethyl adjacent to an activating group) is 2. The molecule has 6 nitrogen and oxygen atoms in total. The van der Waals surface area contributed by atoms with Crippen LogP contribution in [0.5, 0.6) is 0 Å². The summed E-state index contributed by atoms with van der Waals surface area (Å²) in [4.78, 5) is 28.0. The van der Waals surface area contributed by atoms with Crippen LogP contribution in [0.4, 0.5) is 4.79 Å². The van der Waals surface area contributed by atoms with E-state index >= 15 is 0 Å². The minimum absolute atomic E-state index is 0.171. The zero-order valence-electron chi connectivity index (χ0n) is 10.7. The van der Waals surface area contributed by atoms with Crippen molar-refractivity contribution in [3.63, 3.8) is 0 Å². The van der Waals surface area contributed by atoms with Crippen LogP contribution >= 0.6 is 0 Å². The number of hydrogen-bond donors (Lipinski definition) is 1. The third-order valence-electron chi connectivity index (χ3n) is 3.21. The number of carbonyl (C=O) groups excluding carboxylic acids is 1. The predicted octanol–water partition coefficient (Wildman–Crippen LogP) is 0.149. The second-order valence-electron chi connectivity index (χ2n) is 4.47. The van der Waals surface area contributed by atoms with E-state index in [-0.39, 0.29) is 12.6 Å². The largest absolute Gasteiger partial charge is 0.480 e. The molecule has 1 aliphatic rings. The number of aliphatic carboxylic acids is 1. The molecule has 1 saturated heterocycles. The van der Waals surface area contributed by atoms with E-state index in [0.717, 1.165) is 6.54 Å². The van der Waals surface area contributed by atoms with Gasteiger partial charge in [-0.05, 0) is 20.9 Å². The van der Waals surface area contributed by atoms with E-state index < -0.39 is 5.97 Å². The third-order valence-corrected chi connectivity index (χ3v) is 3.21. The first-order valence-corrected chi connectivity index (χ1v) is 5.91. The first-order valence-electron chi connectivity index (χ1n) is 5.91. The minimum atomic E-state index is -0.970. The molecule has 1 rings (SSSR count). The van der Waals surface area contributed by atoms with E-state index in [9.17, 15) is 9.59 Å². The third kappa shape index (κ3) is 3.59. The molecule has 0 aromatic heterocycles. The lowest BCUT2D eigenvalue weighted by Gasteiger charge is -2.39. The molecule has 0 bridgehead atoms. The normalized spacial score (nSPS) is 21.4. The monoisotopic (exact) mass is 243 g/mol. The average Bonchev–Trinajstić information content (AvgIpc) is 2.28. The lowest BCUT2D eigenvalue weighted by molar-refractivity contribution is -0.137. The number of piperazine rings is 1. The van der Waals surface area contributed by atoms with Crippen LogP contribution in [0.3, 0.4) is 0 Å². The van der Waals surface area contributed by atoms with Gasteiger partial charge in [-0.1, -0.05) is 0 Å². The van der Waals surface area contributed by atoms with E-state index in [1.54, 1.807) is 11.8 Å². The van der Waals surface area contributed by atoms with Crippen molar-refractivity contribution in [2.45, 2.75) is 19.9 Å². The molecular formula is C11H21N3O3. The Kier molecular flexibility index (Phi) is 4.74. The Morgan fingerprint density at radius 3 is 2.53 bits per heavy atom. The number of nitrogens with zero attached hydrogens (tertiary/aromatic N) is 3. The molecule has 1 aliphatic heterocycles. The van der Waals surface area contributed by atoms with Gasteiger partial charge in [-0.2, -0.15) is 0 Å². The highest BCUT2D eigenvalue weighted by Crippen LogP contribution is 2.09. The lowest BCUT2D eigenvalue weighted by atomic mass is 10.2. The molecule has 1 N–H and O–H groups in total. The summed E-state index contributed by atoms with van der Waals surface area (Å²) >= 11 is 0. The molecular weight excluding hydrogens is 222 g/mol. The summed E-state index contributed by atoms with van der Waals surface area (Å²) in [5.41, 5.74) is 0. The molecule has 1 heterocycles. The highest BCUT2D eigenvalue weighted by molar-refractivity contribution is 5.80. The number of urea groups is 1. The molecule has 0 aliphatic carbocycles. The first-order chi connectivity index (χ1) is 7.95. The number of carboxylic acid groups (broad SMARTS) is 1. The Morgan fingerprint density at radius 1 is 1.41 bits per heavy atom. The molecule has 1 fully saturated rings. The summed E-state index contributed by atoms with van der Waals surface area (Å²) in [7, 11) is 2.03. The minimum Gasteiger partial charge on any atom is -0.480 e. The Hall–Kier alpha value is -1.30. The maximum atomic E-state index is 12.1. The van der Waals surface area contributed by atoms with Crippen LogP contribution in [0.2, 0.25) is 0 Å². The van der Waals surface area contributed by atoms with Crippen LogP contribution in [0.1, 0.15) is 13.8 Å². The molecule has 0 aromatic carbocycles.